The van der Waals surface area contributed by atoms with Gasteiger partial charge in [-0.3, -0.25) is 9.79 Å². The minimum atomic E-state index is -3.06. The Hall–Kier alpha value is -1.31. The first-order chi connectivity index (χ1) is 10.1. The molecule has 0 aromatic heterocycles. The summed E-state index contributed by atoms with van der Waals surface area (Å²) in [6.45, 7) is 9.07. The minimum Gasteiger partial charge on any atom is -0.354 e. The molecule has 0 aliphatic carbocycles. The van der Waals surface area contributed by atoms with Crippen LogP contribution in [-0.2, 0) is 14.6 Å². The second-order valence-electron chi connectivity index (χ2n) is 6.42. The molecular formula is C14H28N4O3S. The second kappa shape index (κ2) is 7.30. The van der Waals surface area contributed by atoms with Crippen LogP contribution in [0, 0.1) is 5.92 Å². The zero-order valence-corrected chi connectivity index (χ0v) is 15.0. The maximum Gasteiger partial charge on any atom is 0.222 e. The SMILES string of the molecule is CN=C(NCCNC(=O)C(C)C)N1CCS(=O)(=O)C(C)(C)C1. The van der Waals surface area contributed by atoms with Gasteiger partial charge in [-0.25, -0.2) is 8.42 Å². The van der Waals surface area contributed by atoms with Crippen molar-refractivity contribution >= 4 is 21.7 Å². The Morgan fingerprint density at radius 1 is 1.27 bits per heavy atom. The molecule has 0 saturated carbocycles. The van der Waals surface area contributed by atoms with Crippen molar-refractivity contribution in [2.75, 3.05) is 39.0 Å². The summed E-state index contributed by atoms with van der Waals surface area (Å²) in [6, 6.07) is 0. The molecule has 0 aromatic rings. The van der Waals surface area contributed by atoms with Crippen LogP contribution >= 0.6 is 0 Å². The van der Waals surface area contributed by atoms with Crippen LogP contribution in [0.25, 0.3) is 0 Å². The molecule has 0 radical (unpaired) electrons. The number of guanidine groups is 1. The number of carbonyl (C=O) groups excluding carboxylic acids is 1. The van der Waals surface area contributed by atoms with Gasteiger partial charge in [0.25, 0.3) is 0 Å². The zero-order valence-electron chi connectivity index (χ0n) is 14.1. The Bertz CT molecular complexity index is 526. The Morgan fingerprint density at radius 2 is 1.86 bits per heavy atom. The van der Waals surface area contributed by atoms with Gasteiger partial charge in [0.1, 0.15) is 0 Å². The third-order valence-corrected chi connectivity index (χ3v) is 6.32. The highest BCUT2D eigenvalue weighted by atomic mass is 32.2. The molecule has 128 valence electrons. The van der Waals surface area contributed by atoms with Gasteiger partial charge in [0.2, 0.25) is 5.91 Å². The van der Waals surface area contributed by atoms with Gasteiger partial charge in [0, 0.05) is 39.1 Å². The van der Waals surface area contributed by atoms with Crippen LogP contribution in [0.1, 0.15) is 27.7 Å². The van der Waals surface area contributed by atoms with E-state index in [4.69, 9.17) is 0 Å². The van der Waals surface area contributed by atoms with Crippen LogP contribution in [0.3, 0.4) is 0 Å². The predicted octanol–water partition coefficient (Wildman–Crippen LogP) is -0.157. The van der Waals surface area contributed by atoms with Gasteiger partial charge in [-0.05, 0) is 13.8 Å². The fraction of sp³-hybridized carbons (Fsp3) is 0.857. The summed E-state index contributed by atoms with van der Waals surface area (Å²) in [5, 5.41) is 5.99. The Labute approximate surface area is 133 Å². The summed E-state index contributed by atoms with van der Waals surface area (Å²) in [6.07, 6.45) is 0. The fourth-order valence-corrected chi connectivity index (χ4v) is 3.59. The molecule has 1 saturated heterocycles. The van der Waals surface area contributed by atoms with Crippen molar-refractivity contribution in [2.24, 2.45) is 10.9 Å². The van der Waals surface area contributed by atoms with Crippen molar-refractivity contribution < 1.29 is 13.2 Å². The lowest BCUT2D eigenvalue weighted by molar-refractivity contribution is -0.123. The Kier molecular flexibility index (Phi) is 6.22. The molecule has 1 amide bonds. The summed E-state index contributed by atoms with van der Waals surface area (Å²) >= 11 is 0. The summed E-state index contributed by atoms with van der Waals surface area (Å²) in [4.78, 5) is 17.6. The Morgan fingerprint density at radius 3 is 2.36 bits per heavy atom. The van der Waals surface area contributed by atoms with E-state index >= 15 is 0 Å². The van der Waals surface area contributed by atoms with Crippen LogP contribution in [-0.4, -0.2) is 68.9 Å². The second-order valence-corrected chi connectivity index (χ2v) is 9.16. The molecule has 1 rings (SSSR count). The maximum absolute atomic E-state index is 12.0. The van der Waals surface area contributed by atoms with E-state index in [1.165, 1.54) is 0 Å². The fourth-order valence-electron chi connectivity index (χ4n) is 2.22. The van der Waals surface area contributed by atoms with Gasteiger partial charge in [-0.15, -0.1) is 0 Å². The van der Waals surface area contributed by atoms with Crippen LogP contribution < -0.4 is 10.6 Å². The molecule has 0 aromatic carbocycles. The molecule has 2 N–H and O–H groups in total. The number of amides is 1. The van der Waals surface area contributed by atoms with E-state index in [0.717, 1.165) is 0 Å². The van der Waals surface area contributed by atoms with E-state index in [0.29, 0.717) is 32.1 Å². The maximum atomic E-state index is 12.0. The quantitative estimate of drug-likeness (QED) is 0.424. The molecule has 22 heavy (non-hydrogen) atoms. The van der Waals surface area contributed by atoms with E-state index < -0.39 is 14.6 Å². The average molecular weight is 332 g/mol. The van der Waals surface area contributed by atoms with Gasteiger partial charge in [0.05, 0.1) is 10.5 Å². The van der Waals surface area contributed by atoms with Crippen molar-refractivity contribution in [1.82, 2.24) is 15.5 Å². The monoisotopic (exact) mass is 332 g/mol. The van der Waals surface area contributed by atoms with E-state index in [1.54, 1.807) is 20.9 Å². The largest absolute Gasteiger partial charge is 0.354 e. The highest BCUT2D eigenvalue weighted by molar-refractivity contribution is 7.92. The summed E-state index contributed by atoms with van der Waals surface area (Å²) in [7, 11) is -1.39. The topological polar surface area (TPSA) is 90.9 Å². The molecule has 1 aliphatic heterocycles. The van der Waals surface area contributed by atoms with Crippen molar-refractivity contribution in [1.29, 1.82) is 0 Å². The zero-order chi connectivity index (χ0) is 17.0. The lowest BCUT2D eigenvalue weighted by Crippen LogP contribution is -2.57. The van der Waals surface area contributed by atoms with E-state index in [2.05, 4.69) is 15.6 Å². The summed E-state index contributed by atoms with van der Waals surface area (Å²) < 4.78 is 23.3. The van der Waals surface area contributed by atoms with E-state index in [1.807, 2.05) is 18.7 Å². The van der Waals surface area contributed by atoms with Crippen LogP contribution in [0.5, 0.6) is 0 Å². The van der Waals surface area contributed by atoms with Gasteiger partial charge in [-0.1, -0.05) is 13.8 Å². The summed E-state index contributed by atoms with van der Waals surface area (Å²) in [5.74, 6) is 0.779. The lowest BCUT2D eigenvalue weighted by atomic mass is 10.2. The number of carbonyl (C=O) groups is 1. The Balaban J connectivity index is 2.51. The molecule has 8 heteroatoms. The number of nitrogens with zero attached hydrogens (tertiary/aromatic N) is 2. The summed E-state index contributed by atoms with van der Waals surface area (Å²) in [5.41, 5.74) is 0. The van der Waals surface area contributed by atoms with Crippen molar-refractivity contribution in [3.05, 3.63) is 0 Å². The van der Waals surface area contributed by atoms with Gasteiger partial charge in [-0.2, -0.15) is 0 Å². The third-order valence-electron chi connectivity index (χ3n) is 3.79. The smallest absolute Gasteiger partial charge is 0.222 e. The molecule has 1 heterocycles. The first kappa shape index (κ1) is 18.7. The molecule has 1 fully saturated rings. The number of aliphatic imine (C=N–C) groups is 1. The van der Waals surface area contributed by atoms with Crippen LogP contribution in [0.15, 0.2) is 4.99 Å². The molecule has 7 nitrogen and oxygen atoms in total. The minimum absolute atomic E-state index is 0.0157. The molecule has 0 bridgehead atoms. The number of hydrogen-bond donors (Lipinski definition) is 2. The van der Waals surface area contributed by atoms with Gasteiger partial charge >= 0.3 is 0 Å². The van der Waals surface area contributed by atoms with E-state index in [9.17, 15) is 13.2 Å². The van der Waals surface area contributed by atoms with Crippen molar-refractivity contribution in [3.63, 3.8) is 0 Å². The standard InChI is InChI=1S/C14H28N4O3S/c1-11(2)12(19)16-6-7-17-13(15-5)18-8-9-22(20,21)14(3,4)10-18/h11H,6-10H2,1-5H3,(H,15,17)(H,16,19). The van der Waals surface area contributed by atoms with Crippen molar-refractivity contribution in [2.45, 2.75) is 32.4 Å². The first-order valence-electron chi connectivity index (χ1n) is 7.56. The van der Waals surface area contributed by atoms with Gasteiger partial charge < -0.3 is 15.5 Å². The highest BCUT2D eigenvalue weighted by Gasteiger charge is 2.40. The number of hydrogen-bond acceptors (Lipinski definition) is 4. The average Bonchev–Trinajstić information content (AvgIpc) is 2.42. The van der Waals surface area contributed by atoms with Gasteiger partial charge in [0.15, 0.2) is 15.8 Å². The number of rotatable bonds is 4. The molecular weight excluding hydrogens is 304 g/mol. The lowest BCUT2D eigenvalue weighted by Gasteiger charge is -2.39. The van der Waals surface area contributed by atoms with E-state index in [-0.39, 0.29) is 17.6 Å². The number of sulfone groups is 1. The highest BCUT2D eigenvalue weighted by Crippen LogP contribution is 2.23. The van der Waals surface area contributed by atoms with Crippen molar-refractivity contribution in [3.8, 4) is 0 Å². The molecule has 0 atom stereocenters. The number of nitrogens with one attached hydrogen (secondary N) is 2. The molecule has 0 unspecified atom stereocenters. The normalized spacial score (nSPS) is 20.8. The van der Waals surface area contributed by atoms with Crippen LogP contribution in [0.4, 0.5) is 0 Å². The molecule has 1 aliphatic rings. The molecule has 0 spiro atoms. The van der Waals surface area contributed by atoms with Crippen LogP contribution in [0.2, 0.25) is 0 Å². The third kappa shape index (κ3) is 4.59. The first-order valence-corrected chi connectivity index (χ1v) is 9.21. The predicted molar refractivity (Wildman–Crippen MR) is 88.6 cm³/mol.